The topological polar surface area (TPSA) is 73.9 Å². The van der Waals surface area contributed by atoms with Crippen LogP contribution in [-0.2, 0) is 4.74 Å². The highest BCUT2D eigenvalue weighted by atomic mass is 16.7. The van der Waals surface area contributed by atoms with E-state index in [2.05, 4.69) is 20.8 Å². The van der Waals surface area contributed by atoms with Crippen molar-refractivity contribution < 1.29 is 19.3 Å². The first-order chi connectivity index (χ1) is 14.8. The molecule has 5 heteroatoms. The van der Waals surface area contributed by atoms with Gasteiger partial charge in [-0.05, 0) is 69.2 Å². The lowest BCUT2D eigenvalue weighted by Gasteiger charge is -2.47. The van der Waals surface area contributed by atoms with Crippen LogP contribution in [0.5, 0.6) is 11.5 Å². The van der Waals surface area contributed by atoms with E-state index in [-0.39, 0.29) is 11.7 Å². The summed E-state index contributed by atoms with van der Waals surface area (Å²) in [5.74, 6) is 2.11. The van der Waals surface area contributed by atoms with Crippen molar-refractivity contribution in [2.24, 2.45) is 22.5 Å². The number of ether oxygens (including phenoxy) is 3. The maximum absolute atomic E-state index is 11.0. The molecular formula is C27H47NO4. The van der Waals surface area contributed by atoms with Gasteiger partial charge in [-0.3, -0.25) is 0 Å². The zero-order valence-electron chi connectivity index (χ0n) is 21.4. The average molecular weight is 450 g/mol. The molecule has 184 valence electrons. The summed E-state index contributed by atoms with van der Waals surface area (Å²) >= 11 is 0. The molecule has 3 N–H and O–H groups in total. The number of aliphatic hydroxyl groups excluding tert-OH is 1. The van der Waals surface area contributed by atoms with E-state index in [0.29, 0.717) is 11.5 Å². The van der Waals surface area contributed by atoms with Gasteiger partial charge in [0, 0.05) is 11.0 Å². The Morgan fingerprint density at radius 1 is 0.938 bits per heavy atom. The third-order valence-electron chi connectivity index (χ3n) is 6.89. The number of aliphatic hydroxyl groups is 1. The summed E-state index contributed by atoms with van der Waals surface area (Å²) in [5.41, 5.74) is 5.23. The van der Waals surface area contributed by atoms with Crippen LogP contribution in [-0.4, -0.2) is 29.8 Å². The Bertz CT molecular complexity index is 670. The summed E-state index contributed by atoms with van der Waals surface area (Å²) in [4.78, 5) is 0. The number of nitrogens with two attached hydrogens (primary N) is 1. The van der Waals surface area contributed by atoms with Gasteiger partial charge in [-0.1, -0.05) is 59.8 Å². The third-order valence-corrected chi connectivity index (χ3v) is 6.89. The Morgan fingerprint density at radius 2 is 1.47 bits per heavy atom. The summed E-state index contributed by atoms with van der Waals surface area (Å²) in [6, 6.07) is 7.32. The highest BCUT2D eigenvalue weighted by Crippen LogP contribution is 2.43. The monoisotopic (exact) mass is 449 g/mol. The summed E-state index contributed by atoms with van der Waals surface area (Å²) in [6.45, 7) is 15.0. The average Bonchev–Trinajstić information content (AvgIpc) is 2.68. The minimum absolute atomic E-state index is 0.000547. The first-order valence-electron chi connectivity index (χ1n) is 12.3. The standard InChI is InChI=1S/C27H47NO4/c1-20(30-18-17-21-11-9-8-10-12-21)31-22-13-15-23(16-14-22)32-24(29)27(7,26(5,6)28)19-25(2,3)4/h13-16,20-21,24,29H,8-12,17-19,28H2,1-7H3. The van der Waals surface area contributed by atoms with Crippen LogP contribution in [0.2, 0.25) is 0 Å². The largest absolute Gasteiger partial charge is 0.465 e. The molecule has 3 atom stereocenters. The van der Waals surface area contributed by atoms with Gasteiger partial charge >= 0.3 is 0 Å². The molecule has 1 aromatic rings. The molecule has 0 amide bonds. The summed E-state index contributed by atoms with van der Waals surface area (Å²) in [5, 5.41) is 11.0. The smallest absolute Gasteiger partial charge is 0.204 e. The first-order valence-corrected chi connectivity index (χ1v) is 12.3. The first kappa shape index (κ1) is 26.9. The van der Waals surface area contributed by atoms with Crippen LogP contribution < -0.4 is 15.2 Å². The van der Waals surface area contributed by atoms with Crippen molar-refractivity contribution in [1.82, 2.24) is 0 Å². The Hall–Kier alpha value is -1.30. The minimum Gasteiger partial charge on any atom is -0.465 e. The van der Waals surface area contributed by atoms with Crippen molar-refractivity contribution in [3.05, 3.63) is 24.3 Å². The number of hydrogen-bond acceptors (Lipinski definition) is 5. The quantitative estimate of drug-likeness (QED) is 0.389. The van der Waals surface area contributed by atoms with E-state index in [4.69, 9.17) is 19.9 Å². The van der Waals surface area contributed by atoms with Gasteiger partial charge in [0.1, 0.15) is 11.5 Å². The second-order valence-corrected chi connectivity index (χ2v) is 11.7. The van der Waals surface area contributed by atoms with E-state index in [1.54, 1.807) is 0 Å². The van der Waals surface area contributed by atoms with Gasteiger partial charge in [-0.25, -0.2) is 0 Å². The van der Waals surface area contributed by atoms with Crippen molar-refractivity contribution >= 4 is 0 Å². The predicted molar refractivity (Wildman–Crippen MR) is 131 cm³/mol. The SMILES string of the molecule is CC(OCCC1CCCCC1)Oc1ccc(OC(O)C(C)(CC(C)(C)C)C(C)(C)N)cc1. The molecule has 2 rings (SSSR count). The Balaban J connectivity index is 1.87. The van der Waals surface area contributed by atoms with Gasteiger partial charge in [0.25, 0.3) is 0 Å². The predicted octanol–water partition coefficient (Wildman–Crippen LogP) is 6.28. The molecule has 3 unspecified atom stereocenters. The maximum Gasteiger partial charge on any atom is 0.204 e. The van der Waals surface area contributed by atoms with E-state index >= 15 is 0 Å². The number of benzene rings is 1. The fraction of sp³-hybridized carbons (Fsp3) is 0.778. The molecule has 1 aromatic carbocycles. The van der Waals surface area contributed by atoms with Crippen molar-refractivity contribution in [2.75, 3.05) is 6.61 Å². The third kappa shape index (κ3) is 8.24. The van der Waals surface area contributed by atoms with Gasteiger partial charge in [-0.15, -0.1) is 0 Å². The molecule has 1 fully saturated rings. The molecular weight excluding hydrogens is 402 g/mol. The minimum atomic E-state index is -1.03. The van der Waals surface area contributed by atoms with Crippen LogP contribution in [0, 0.1) is 16.7 Å². The Morgan fingerprint density at radius 3 is 1.97 bits per heavy atom. The van der Waals surface area contributed by atoms with Crippen LogP contribution in [0.25, 0.3) is 0 Å². The molecule has 0 heterocycles. The van der Waals surface area contributed by atoms with Crippen molar-refractivity contribution in [3.63, 3.8) is 0 Å². The maximum atomic E-state index is 11.0. The Kier molecular flexibility index (Phi) is 9.45. The molecule has 0 radical (unpaired) electrons. The van der Waals surface area contributed by atoms with E-state index < -0.39 is 17.2 Å². The number of rotatable bonds is 11. The second kappa shape index (κ2) is 11.2. The van der Waals surface area contributed by atoms with Crippen molar-refractivity contribution in [3.8, 4) is 11.5 Å². The van der Waals surface area contributed by atoms with Crippen molar-refractivity contribution in [1.29, 1.82) is 0 Å². The zero-order chi connectivity index (χ0) is 24.0. The summed E-state index contributed by atoms with van der Waals surface area (Å²) in [6.07, 6.45) is 7.28. The molecule has 5 nitrogen and oxygen atoms in total. The molecule has 0 saturated heterocycles. The number of hydrogen-bond donors (Lipinski definition) is 2. The lowest BCUT2D eigenvalue weighted by Crippen LogP contribution is -2.58. The highest BCUT2D eigenvalue weighted by molar-refractivity contribution is 5.31. The molecule has 0 bridgehead atoms. The summed E-state index contributed by atoms with van der Waals surface area (Å²) < 4.78 is 17.7. The lowest BCUT2D eigenvalue weighted by molar-refractivity contribution is -0.147. The van der Waals surface area contributed by atoms with Gasteiger partial charge in [0.15, 0.2) is 6.29 Å². The normalized spacial score (nSPS) is 19.8. The molecule has 32 heavy (non-hydrogen) atoms. The van der Waals surface area contributed by atoms with Gasteiger partial charge in [0.05, 0.1) is 6.61 Å². The molecule has 0 aliphatic heterocycles. The lowest BCUT2D eigenvalue weighted by atomic mass is 9.64. The molecule has 1 saturated carbocycles. The van der Waals surface area contributed by atoms with Crippen LogP contribution in [0.3, 0.4) is 0 Å². The fourth-order valence-corrected chi connectivity index (χ4v) is 4.69. The zero-order valence-corrected chi connectivity index (χ0v) is 21.4. The van der Waals surface area contributed by atoms with Crippen molar-refractivity contribution in [2.45, 2.75) is 112 Å². The second-order valence-electron chi connectivity index (χ2n) is 11.7. The van der Waals surface area contributed by atoms with Crippen LogP contribution in [0.4, 0.5) is 0 Å². The van der Waals surface area contributed by atoms with Crippen LogP contribution >= 0.6 is 0 Å². The van der Waals surface area contributed by atoms with Gasteiger partial charge in [-0.2, -0.15) is 0 Å². The van der Waals surface area contributed by atoms with Crippen LogP contribution in [0.1, 0.15) is 93.4 Å². The summed E-state index contributed by atoms with van der Waals surface area (Å²) in [7, 11) is 0. The molecule has 1 aliphatic rings. The van der Waals surface area contributed by atoms with E-state index in [0.717, 1.165) is 25.4 Å². The van der Waals surface area contributed by atoms with E-state index in [1.807, 2.05) is 52.0 Å². The molecule has 1 aliphatic carbocycles. The fourth-order valence-electron chi connectivity index (χ4n) is 4.69. The highest BCUT2D eigenvalue weighted by Gasteiger charge is 2.48. The van der Waals surface area contributed by atoms with Gasteiger partial charge < -0.3 is 25.1 Å². The van der Waals surface area contributed by atoms with Crippen LogP contribution in [0.15, 0.2) is 24.3 Å². The van der Waals surface area contributed by atoms with Gasteiger partial charge in [0.2, 0.25) is 6.29 Å². The Labute approximate surface area is 196 Å². The van der Waals surface area contributed by atoms with E-state index in [9.17, 15) is 5.11 Å². The molecule has 0 aromatic heterocycles. The molecule has 0 spiro atoms. The van der Waals surface area contributed by atoms with E-state index in [1.165, 1.54) is 32.1 Å².